The standard InChI is InChI=1S/C20H20ClN2O3.3C4H9.Sn/c21-17-7-2-1-4-15(17)12-18-19-14(8-10-23(18)20(25)26)5-3-6-16(19)13-22-9-11-24;3*1-3-4-2;/h1-7,13,18H,8-12H2,(H,25,26);3*1,3-4H2,2H3;/q-1;;;;+1/b22-13+;;;;. The zero-order chi connectivity index (χ0) is 28.1. The number of fused-ring (bicyclic) bond motifs is 1. The van der Waals surface area contributed by atoms with Gasteiger partial charge in [-0.2, -0.15) is 0 Å². The van der Waals surface area contributed by atoms with Gasteiger partial charge in [-0.05, 0) is 0 Å². The van der Waals surface area contributed by atoms with Crippen LogP contribution in [-0.4, -0.2) is 60.8 Å². The normalized spacial score (nSPS) is 15.6. The van der Waals surface area contributed by atoms with Gasteiger partial charge in [0.05, 0.1) is 0 Å². The molecule has 0 bridgehead atoms. The molecule has 2 aromatic carbocycles. The fourth-order valence-corrected chi connectivity index (χ4v) is 19.4. The van der Waals surface area contributed by atoms with Gasteiger partial charge in [-0.1, -0.05) is 6.07 Å². The van der Waals surface area contributed by atoms with Gasteiger partial charge < -0.3 is 0 Å². The van der Waals surface area contributed by atoms with Crippen LogP contribution in [0.4, 0.5) is 4.79 Å². The van der Waals surface area contributed by atoms with Crippen molar-refractivity contribution in [1.82, 2.24) is 4.90 Å². The summed E-state index contributed by atoms with van der Waals surface area (Å²) in [4.78, 5) is 18.6. The molecule has 39 heavy (non-hydrogen) atoms. The fraction of sp³-hybridized carbons (Fsp3) is 0.562. The number of benzene rings is 2. The Kier molecular flexibility index (Phi) is 13.6. The van der Waals surface area contributed by atoms with Crippen LogP contribution in [0.1, 0.15) is 87.6 Å². The van der Waals surface area contributed by atoms with Crippen LogP contribution in [0.3, 0.4) is 0 Å². The minimum atomic E-state index is -2.63. The number of aliphatic imine (C=N–C) groups is 1. The van der Waals surface area contributed by atoms with Crippen molar-refractivity contribution in [3.8, 4) is 0 Å². The first-order valence-electron chi connectivity index (χ1n) is 14.9. The van der Waals surface area contributed by atoms with Gasteiger partial charge in [0.2, 0.25) is 0 Å². The number of carboxylic acid groups (broad SMARTS) is 1. The molecular formula is C32H47ClN2O3Sn. The Morgan fingerprint density at radius 2 is 1.72 bits per heavy atom. The summed E-state index contributed by atoms with van der Waals surface area (Å²) in [5.74, 6) is 0. The van der Waals surface area contributed by atoms with E-state index in [0.717, 1.165) is 16.7 Å². The SMILES string of the molecule is CCC[CH2][Sn]([CH2]CCC)([CH2]CCC)[O]CC/N=C/c1cccc2c1C(Cc1ccccc1Cl)N(C(=O)O)CC2. The Bertz CT molecular complexity index is 1060. The van der Waals surface area contributed by atoms with E-state index in [4.69, 9.17) is 19.7 Å². The van der Waals surface area contributed by atoms with Crippen LogP contribution >= 0.6 is 11.6 Å². The average molecular weight is 662 g/mol. The summed E-state index contributed by atoms with van der Waals surface area (Å²) >= 11 is 3.86. The van der Waals surface area contributed by atoms with Gasteiger partial charge in [-0.25, -0.2) is 0 Å². The number of amides is 1. The van der Waals surface area contributed by atoms with E-state index in [1.807, 2.05) is 30.5 Å². The topological polar surface area (TPSA) is 62.1 Å². The first-order chi connectivity index (χ1) is 18.9. The van der Waals surface area contributed by atoms with Crippen LogP contribution in [0.25, 0.3) is 0 Å². The van der Waals surface area contributed by atoms with E-state index in [2.05, 4.69) is 39.0 Å². The summed E-state index contributed by atoms with van der Waals surface area (Å²) in [6, 6.07) is 13.6. The molecule has 0 aliphatic carbocycles. The maximum absolute atomic E-state index is 12.2. The fourth-order valence-electron chi connectivity index (χ4n) is 5.80. The molecule has 1 amide bonds. The number of hydrogen-bond donors (Lipinski definition) is 1. The molecular weight excluding hydrogens is 615 g/mol. The second-order valence-corrected chi connectivity index (χ2v) is 23.1. The van der Waals surface area contributed by atoms with Gasteiger partial charge in [0.15, 0.2) is 0 Å². The predicted molar refractivity (Wildman–Crippen MR) is 166 cm³/mol. The quantitative estimate of drug-likeness (QED) is 0.111. The van der Waals surface area contributed by atoms with Crippen LogP contribution in [0.15, 0.2) is 47.5 Å². The Morgan fingerprint density at radius 1 is 1.05 bits per heavy atom. The number of rotatable bonds is 16. The van der Waals surface area contributed by atoms with E-state index in [1.54, 1.807) is 4.90 Å². The van der Waals surface area contributed by atoms with Crippen molar-refractivity contribution >= 4 is 42.7 Å². The van der Waals surface area contributed by atoms with Crippen molar-refractivity contribution in [2.24, 2.45) is 4.99 Å². The molecule has 1 unspecified atom stereocenters. The molecule has 2 aromatic rings. The molecule has 3 rings (SSSR count). The van der Waals surface area contributed by atoms with Crippen molar-refractivity contribution in [2.45, 2.75) is 91.5 Å². The van der Waals surface area contributed by atoms with Crippen LogP contribution in [0, 0.1) is 0 Å². The summed E-state index contributed by atoms with van der Waals surface area (Å²) in [5.41, 5.74) is 4.20. The molecule has 0 aromatic heterocycles. The van der Waals surface area contributed by atoms with E-state index in [-0.39, 0.29) is 6.04 Å². The third kappa shape index (κ3) is 9.22. The zero-order valence-electron chi connectivity index (χ0n) is 24.1. The summed E-state index contributed by atoms with van der Waals surface area (Å²) in [7, 11) is 0. The zero-order valence-corrected chi connectivity index (χ0v) is 27.7. The molecule has 0 spiro atoms. The molecule has 214 valence electrons. The van der Waals surface area contributed by atoms with E-state index < -0.39 is 24.9 Å². The van der Waals surface area contributed by atoms with Gasteiger partial charge in [0.1, 0.15) is 0 Å². The van der Waals surface area contributed by atoms with Crippen molar-refractivity contribution in [2.75, 3.05) is 19.7 Å². The molecule has 1 N–H and O–H groups in total. The Hall–Kier alpha value is -1.57. The molecule has 1 atom stereocenters. The molecule has 0 saturated carbocycles. The van der Waals surface area contributed by atoms with Crippen LogP contribution in [0.2, 0.25) is 18.3 Å². The Morgan fingerprint density at radius 3 is 2.33 bits per heavy atom. The molecule has 0 radical (unpaired) electrons. The molecule has 1 aliphatic rings. The molecule has 0 fully saturated rings. The minimum absolute atomic E-state index is 0.300. The van der Waals surface area contributed by atoms with Crippen LogP contribution in [0.5, 0.6) is 0 Å². The van der Waals surface area contributed by atoms with Crippen molar-refractivity contribution in [3.05, 3.63) is 69.7 Å². The summed E-state index contributed by atoms with van der Waals surface area (Å²) in [6.45, 7) is 8.67. The van der Waals surface area contributed by atoms with Gasteiger partial charge in [0, 0.05) is 0 Å². The van der Waals surface area contributed by atoms with E-state index in [9.17, 15) is 9.90 Å². The number of hydrogen-bond acceptors (Lipinski definition) is 3. The van der Waals surface area contributed by atoms with Gasteiger partial charge in [-0.3, -0.25) is 0 Å². The molecule has 5 nitrogen and oxygen atoms in total. The Balaban J connectivity index is 1.78. The molecule has 1 aliphatic heterocycles. The molecule has 0 saturated heterocycles. The van der Waals surface area contributed by atoms with Crippen molar-refractivity contribution < 1.29 is 13.0 Å². The van der Waals surface area contributed by atoms with Crippen molar-refractivity contribution in [1.29, 1.82) is 0 Å². The number of carbonyl (C=O) groups is 1. The van der Waals surface area contributed by atoms with E-state index in [0.29, 0.717) is 37.6 Å². The maximum atomic E-state index is 12.2. The van der Waals surface area contributed by atoms with E-state index >= 15 is 0 Å². The second kappa shape index (κ2) is 16.6. The number of unbranched alkanes of at least 4 members (excludes halogenated alkanes) is 3. The number of halogens is 1. The van der Waals surface area contributed by atoms with Gasteiger partial charge in [0.25, 0.3) is 0 Å². The third-order valence-electron chi connectivity index (χ3n) is 8.00. The molecule has 7 heteroatoms. The van der Waals surface area contributed by atoms with E-state index in [1.165, 1.54) is 57.4 Å². The Labute approximate surface area is 245 Å². The van der Waals surface area contributed by atoms with Crippen molar-refractivity contribution in [3.63, 3.8) is 0 Å². The van der Waals surface area contributed by atoms with Crippen LogP contribution in [-0.2, 0) is 15.9 Å². The summed E-state index contributed by atoms with van der Waals surface area (Å²) < 4.78 is 10.8. The summed E-state index contributed by atoms with van der Waals surface area (Å²) in [5, 5.41) is 10.7. The van der Waals surface area contributed by atoms with Crippen LogP contribution < -0.4 is 0 Å². The first-order valence-corrected chi connectivity index (χ1v) is 22.5. The number of nitrogens with zero attached hydrogens (tertiary/aromatic N) is 2. The average Bonchev–Trinajstić information content (AvgIpc) is 2.94. The third-order valence-corrected chi connectivity index (χ3v) is 21.5. The van der Waals surface area contributed by atoms with Gasteiger partial charge in [-0.15, -0.1) is 0 Å². The first kappa shape index (κ1) is 31.9. The second-order valence-electron chi connectivity index (χ2n) is 10.8. The predicted octanol–water partition coefficient (Wildman–Crippen LogP) is 8.94. The van der Waals surface area contributed by atoms with Gasteiger partial charge >= 0.3 is 240 Å². The summed E-state index contributed by atoms with van der Waals surface area (Å²) in [6.07, 6.45) is 9.86. The monoisotopic (exact) mass is 662 g/mol. The molecule has 1 heterocycles.